The van der Waals surface area contributed by atoms with E-state index in [1.54, 1.807) is 7.11 Å². The Morgan fingerprint density at radius 1 is 1.43 bits per heavy atom. The molecule has 0 aliphatic rings. The second-order valence-electron chi connectivity index (χ2n) is 4.45. The molecule has 0 saturated heterocycles. The van der Waals surface area contributed by atoms with Gasteiger partial charge in [0.15, 0.2) is 0 Å². The Morgan fingerprint density at radius 2 is 2.24 bits per heavy atom. The third-order valence-corrected chi connectivity index (χ3v) is 4.19. The van der Waals surface area contributed by atoms with Crippen molar-refractivity contribution in [2.45, 2.75) is 20.3 Å². The van der Waals surface area contributed by atoms with E-state index in [0.717, 1.165) is 22.2 Å². The fourth-order valence-electron chi connectivity index (χ4n) is 2.00. The summed E-state index contributed by atoms with van der Waals surface area (Å²) in [4.78, 5) is 22.0. The van der Waals surface area contributed by atoms with Crippen LogP contribution >= 0.6 is 11.3 Å². The molecule has 0 aliphatic heterocycles. The number of hydrogen-bond acceptors (Lipinski definition) is 6. The van der Waals surface area contributed by atoms with Crippen molar-refractivity contribution in [2.75, 3.05) is 26.9 Å². The predicted octanol–water partition coefficient (Wildman–Crippen LogP) is 2.16. The summed E-state index contributed by atoms with van der Waals surface area (Å²) in [5, 5.41) is 3.71. The molecule has 6 nitrogen and oxygen atoms in total. The number of aromatic nitrogens is 2. The molecular weight excluding hydrogens is 290 g/mol. The van der Waals surface area contributed by atoms with Crippen LogP contribution in [0.5, 0.6) is 5.88 Å². The van der Waals surface area contributed by atoms with E-state index in [0.29, 0.717) is 30.5 Å². The van der Waals surface area contributed by atoms with Crippen LogP contribution in [0.4, 0.5) is 0 Å². The summed E-state index contributed by atoms with van der Waals surface area (Å²) < 4.78 is 10.5. The first kappa shape index (κ1) is 15.7. The van der Waals surface area contributed by atoms with Gasteiger partial charge in [-0.2, -0.15) is 0 Å². The Hall–Kier alpha value is -1.73. The molecule has 2 rings (SSSR count). The predicted molar refractivity (Wildman–Crippen MR) is 82.1 cm³/mol. The maximum absolute atomic E-state index is 12.2. The minimum atomic E-state index is -0.0888. The number of carbonyl (C=O) groups excluding carboxylic acids is 1. The van der Waals surface area contributed by atoms with Crippen LogP contribution < -0.4 is 10.1 Å². The number of aryl methyl sites for hydroxylation is 1. The number of nitrogens with one attached hydrogen (secondary N) is 1. The van der Waals surface area contributed by atoms with Gasteiger partial charge in [0, 0.05) is 20.3 Å². The SMILES string of the molecule is CCOc1ncnc2sc(C(=O)NCCCOC)c(C)c12. The highest BCUT2D eigenvalue weighted by Crippen LogP contribution is 2.34. The highest BCUT2D eigenvalue weighted by atomic mass is 32.1. The molecule has 114 valence electrons. The molecule has 0 spiro atoms. The van der Waals surface area contributed by atoms with Gasteiger partial charge in [0.1, 0.15) is 11.2 Å². The van der Waals surface area contributed by atoms with Crippen molar-refractivity contribution in [3.8, 4) is 5.88 Å². The first-order chi connectivity index (χ1) is 10.2. The van der Waals surface area contributed by atoms with Crippen LogP contribution in [-0.4, -0.2) is 42.7 Å². The Balaban J connectivity index is 2.22. The number of nitrogens with zero attached hydrogens (tertiary/aromatic N) is 2. The van der Waals surface area contributed by atoms with Crippen molar-refractivity contribution in [3.05, 3.63) is 16.8 Å². The van der Waals surface area contributed by atoms with Crippen LogP contribution in [0, 0.1) is 6.92 Å². The number of methoxy groups -OCH3 is 1. The maximum Gasteiger partial charge on any atom is 0.261 e. The van der Waals surface area contributed by atoms with E-state index in [9.17, 15) is 4.79 Å². The van der Waals surface area contributed by atoms with E-state index in [1.807, 2.05) is 13.8 Å². The third kappa shape index (κ3) is 3.48. The van der Waals surface area contributed by atoms with Gasteiger partial charge in [0.2, 0.25) is 5.88 Å². The molecule has 7 heteroatoms. The normalized spacial score (nSPS) is 10.8. The Morgan fingerprint density at radius 3 is 2.95 bits per heavy atom. The second kappa shape index (κ2) is 7.33. The van der Waals surface area contributed by atoms with E-state index in [1.165, 1.54) is 17.7 Å². The van der Waals surface area contributed by atoms with Crippen molar-refractivity contribution in [1.29, 1.82) is 0 Å². The summed E-state index contributed by atoms with van der Waals surface area (Å²) in [5.74, 6) is 0.448. The van der Waals surface area contributed by atoms with Crippen LogP contribution in [0.2, 0.25) is 0 Å². The van der Waals surface area contributed by atoms with Gasteiger partial charge in [0.25, 0.3) is 5.91 Å². The first-order valence-electron chi connectivity index (χ1n) is 6.83. The molecule has 0 bridgehead atoms. The molecular formula is C14H19N3O3S. The van der Waals surface area contributed by atoms with Crippen molar-refractivity contribution < 1.29 is 14.3 Å². The van der Waals surface area contributed by atoms with Crippen LogP contribution in [0.3, 0.4) is 0 Å². The zero-order valence-electron chi connectivity index (χ0n) is 12.4. The summed E-state index contributed by atoms with van der Waals surface area (Å²) >= 11 is 1.36. The molecule has 0 fully saturated rings. The van der Waals surface area contributed by atoms with Gasteiger partial charge in [-0.1, -0.05) is 0 Å². The molecule has 1 amide bonds. The summed E-state index contributed by atoms with van der Waals surface area (Å²) in [5.41, 5.74) is 0.864. The molecule has 0 aromatic carbocycles. The quantitative estimate of drug-likeness (QED) is 0.793. The highest BCUT2D eigenvalue weighted by molar-refractivity contribution is 7.20. The Bertz CT molecular complexity index is 627. The van der Waals surface area contributed by atoms with Gasteiger partial charge in [-0.05, 0) is 25.8 Å². The lowest BCUT2D eigenvalue weighted by atomic mass is 10.2. The number of hydrogen-bond donors (Lipinski definition) is 1. The monoisotopic (exact) mass is 309 g/mol. The molecule has 0 atom stereocenters. The zero-order valence-corrected chi connectivity index (χ0v) is 13.2. The molecule has 21 heavy (non-hydrogen) atoms. The molecule has 2 aromatic rings. The van der Waals surface area contributed by atoms with Gasteiger partial charge in [-0.15, -0.1) is 11.3 Å². The molecule has 0 aliphatic carbocycles. The fraction of sp³-hybridized carbons (Fsp3) is 0.500. The topological polar surface area (TPSA) is 73.3 Å². The minimum Gasteiger partial charge on any atom is -0.477 e. The van der Waals surface area contributed by atoms with Crippen molar-refractivity contribution in [2.24, 2.45) is 0 Å². The molecule has 2 aromatic heterocycles. The third-order valence-electron chi connectivity index (χ3n) is 2.99. The summed E-state index contributed by atoms with van der Waals surface area (Å²) in [6, 6.07) is 0. The number of rotatable bonds is 7. The van der Waals surface area contributed by atoms with E-state index in [4.69, 9.17) is 9.47 Å². The zero-order chi connectivity index (χ0) is 15.2. The van der Waals surface area contributed by atoms with Gasteiger partial charge < -0.3 is 14.8 Å². The van der Waals surface area contributed by atoms with Crippen molar-refractivity contribution in [3.63, 3.8) is 0 Å². The van der Waals surface area contributed by atoms with Gasteiger partial charge in [0.05, 0.1) is 16.9 Å². The number of fused-ring (bicyclic) bond motifs is 1. The lowest BCUT2D eigenvalue weighted by Gasteiger charge is -2.05. The van der Waals surface area contributed by atoms with Gasteiger partial charge >= 0.3 is 0 Å². The Labute approximate surface area is 127 Å². The number of carbonyl (C=O) groups is 1. The number of amides is 1. The average molecular weight is 309 g/mol. The van der Waals surface area contributed by atoms with E-state index in [-0.39, 0.29) is 5.91 Å². The van der Waals surface area contributed by atoms with E-state index >= 15 is 0 Å². The first-order valence-corrected chi connectivity index (χ1v) is 7.64. The lowest BCUT2D eigenvalue weighted by Crippen LogP contribution is -2.24. The van der Waals surface area contributed by atoms with Crippen LogP contribution in [-0.2, 0) is 4.74 Å². The number of thiophene rings is 1. The maximum atomic E-state index is 12.2. The Kier molecular flexibility index (Phi) is 5.46. The molecule has 0 saturated carbocycles. The fourth-order valence-corrected chi connectivity index (χ4v) is 3.06. The largest absolute Gasteiger partial charge is 0.477 e. The van der Waals surface area contributed by atoms with Crippen LogP contribution in [0.1, 0.15) is 28.6 Å². The molecule has 0 unspecified atom stereocenters. The van der Waals surface area contributed by atoms with Crippen LogP contribution in [0.15, 0.2) is 6.33 Å². The molecule has 2 heterocycles. The van der Waals surface area contributed by atoms with Gasteiger partial charge in [-0.3, -0.25) is 4.79 Å². The summed E-state index contributed by atoms with van der Waals surface area (Å²) in [7, 11) is 1.64. The molecule has 0 radical (unpaired) electrons. The minimum absolute atomic E-state index is 0.0888. The van der Waals surface area contributed by atoms with Crippen molar-refractivity contribution >= 4 is 27.5 Å². The van der Waals surface area contributed by atoms with E-state index < -0.39 is 0 Å². The second-order valence-corrected chi connectivity index (χ2v) is 5.45. The lowest BCUT2D eigenvalue weighted by molar-refractivity contribution is 0.0952. The van der Waals surface area contributed by atoms with Crippen LogP contribution in [0.25, 0.3) is 10.2 Å². The standard InChI is InChI=1S/C14H19N3O3S/c1-4-20-13-10-9(2)11(21-14(10)17-8-16-13)12(18)15-6-5-7-19-3/h8H,4-7H2,1-3H3,(H,15,18). The number of ether oxygens (including phenoxy) is 2. The smallest absolute Gasteiger partial charge is 0.261 e. The van der Waals surface area contributed by atoms with E-state index in [2.05, 4.69) is 15.3 Å². The van der Waals surface area contributed by atoms with Crippen molar-refractivity contribution in [1.82, 2.24) is 15.3 Å². The molecule has 1 N–H and O–H groups in total. The highest BCUT2D eigenvalue weighted by Gasteiger charge is 2.19. The average Bonchev–Trinajstić information content (AvgIpc) is 2.82. The van der Waals surface area contributed by atoms with Gasteiger partial charge in [-0.25, -0.2) is 9.97 Å². The summed E-state index contributed by atoms with van der Waals surface area (Å²) in [6.07, 6.45) is 2.25. The summed E-state index contributed by atoms with van der Waals surface area (Å²) in [6.45, 7) is 5.55.